The van der Waals surface area contributed by atoms with E-state index in [4.69, 9.17) is 5.73 Å². The Balaban J connectivity index is 1.68. The molecule has 1 aliphatic heterocycles. The van der Waals surface area contributed by atoms with Gasteiger partial charge in [0.1, 0.15) is 5.82 Å². The molecule has 0 radical (unpaired) electrons. The number of hydrogen-bond donors (Lipinski definition) is 1. The third kappa shape index (κ3) is 2.94. The summed E-state index contributed by atoms with van der Waals surface area (Å²) in [4.78, 5) is 4.58. The maximum atomic E-state index is 13.6. The maximum Gasteiger partial charge on any atom is 0.148 e. The molecule has 0 bridgehead atoms. The summed E-state index contributed by atoms with van der Waals surface area (Å²) in [7, 11) is 0. The van der Waals surface area contributed by atoms with E-state index >= 15 is 0 Å². The number of anilines is 3. The molecular formula is C17H20FN3. The first-order valence-corrected chi connectivity index (χ1v) is 7.25. The van der Waals surface area contributed by atoms with Gasteiger partial charge >= 0.3 is 0 Å². The van der Waals surface area contributed by atoms with E-state index in [1.807, 2.05) is 6.07 Å². The summed E-state index contributed by atoms with van der Waals surface area (Å²) in [6.07, 6.45) is 0. The van der Waals surface area contributed by atoms with Crippen LogP contribution in [0.2, 0.25) is 0 Å². The minimum atomic E-state index is -0.339. The Bertz CT molecular complexity index is 634. The van der Waals surface area contributed by atoms with E-state index in [-0.39, 0.29) is 11.5 Å². The number of nitrogens with zero attached hydrogens (tertiary/aromatic N) is 2. The van der Waals surface area contributed by atoms with Gasteiger partial charge in [0.2, 0.25) is 0 Å². The predicted molar refractivity (Wildman–Crippen MR) is 86.4 cm³/mol. The molecule has 2 N–H and O–H groups in total. The van der Waals surface area contributed by atoms with Crippen LogP contribution in [0.5, 0.6) is 0 Å². The van der Waals surface area contributed by atoms with Crippen molar-refractivity contribution in [2.75, 3.05) is 41.7 Å². The normalized spacial score (nSPS) is 15.3. The van der Waals surface area contributed by atoms with Crippen LogP contribution in [0.1, 0.15) is 5.56 Å². The maximum absolute atomic E-state index is 13.6. The summed E-state index contributed by atoms with van der Waals surface area (Å²) in [6.45, 7) is 5.76. The zero-order valence-corrected chi connectivity index (χ0v) is 12.2. The Morgan fingerprint density at radius 1 is 0.905 bits per heavy atom. The van der Waals surface area contributed by atoms with Gasteiger partial charge in [-0.3, -0.25) is 0 Å². The summed E-state index contributed by atoms with van der Waals surface area (Å²) < 4.78 is 13.6. The van der Waals surface area contributed by atoms with Crippen molar-refractivity contribution >= 4 is 17.1 Å². The largest absolute Gasteiger partial charge is 0.396 e. The van der Waals surface area contributed by atoms with E-state index in [0.29, 0.717) is 0 Å². The number of benzene rings is 2. The first-order valence-electron chi connectivity index (χ1n) is 7.25. The highest BCUT2D eigenvalue weighted by atomic mass is 19.1. The van der Waals surface area contributed by atoms with E-state index < -0.39 is 0 Å². The number of piperazine rings is 1. The lowest BCUT2D eigenvalue weighted by Gasteiger charge is -2.37. The number of hydrogen-bond acceptors (Lipinski definition) is 3. The van der Waals surface area contributed by atoms with Gasteiger partial charge in [-0.05, 0) is 42.8 Å². The van der Waals surface area contributed by atoms with E-state index in [0.717, 1.165) is 31.9 Å². The number of rotatable bonds is 2. The summed E-state index contributed by atoms with van der Waals surface area (Å²) in [5, 5.41) is 0. The summed E-state index contributed by atoms with van der Waals surface area (Å²) >= 11 is 0. The fourth-order valence-electron chi connectivity index (χ4n) is 2.76. The van der Waals surface area contributed by atoms with Crippen LogP contribution >= 0.6 is 0 Å². The fourth-order valence-corrected chi connectivity index (χ4v) is 2.76. The first-order chi connectivity index (χ1) is 10.1. The zero-order valence-electron chi connectivity index (χ0n) is 12.2. The van der Waals surface area contributed by atoms with Crippen LogP contribution in [0.3, 0.4) is 0 Å². The van der Waals surface area contributed by atoms with Crippen molar-refractivity contribution in [1.29, 1.82) is 0 Å². The second-order valence-electron chi connectivity index (χ2n) is 5.52. The number of nitrogen functional groups attached to an aromatic ring is 1. The highest BCUT2D eigenvalue weighted by molar-refractivity contribution is 5.56. The summed E-state index contributed by atoms with van der Waals surface area (Å²) in [5.74, 6) is -0.339. The molecule has 0 aliphatic carbocycles. The van der Waals surface area contributed by atoms with Gasteiger partial charge in [-0.15, -0.1) is 0 Å². The van der Waals surface area contributed by atoms with Gasteiger partial charge in [-0.1, -0.05) is 12.1 Å². The molecule has 0 saturated carbocycles. The van der Waals surface area contributed by atoms with Crippen molar-refractivity contribution in [2.45, 2.75) is 6.92 Å². The average Bonchev–Trinajstić information content (AvgIpc) is 2.50. The molecule has 0 spiro atoms. The molecule has 0 aromatic heterocycles. The van der Waals surface area contributed by atoms with Crippen LogP contribution in [0, 0.1) is 12.7 Å². The molecule has 2 aromatic rings. The molecule has 2 aromatic carbocycles. The molecule has 1 fully saturated rings. The van der Waals surface area contributed by atoms with Crippen molar-refractivity contribution in [1.82, 2.24) is 0 Å². The second-order valence-corrected chi connectivity index (χ2v) is 5.52. The SMILES string of the molecule is Cc1cccc(N2CCN(c3ccc(N)c(F)c3)CC2)c1. The first kappa shape index (κ1) is 13.7. The van der Waals surface area contributed by atoms with E-state index in [9.17, 15) is 4.39 Å². The van der Waals surface area contributed by atoms with Gasteiger partial charge in [-0.25, -0.2) is 4.39 Å². The molecule has 21 heavy (non-hydrogen) atoms. The number of aryl methyl sites for hydroxylation is 1. The highest BCUT2D eigenvalue weighted by Gasteiger charge is 2.18. The van der Waals surface area contributed by atoms with Gasteiger partial charge in [0.05, 0.1) is 5.69 Å². The van der Waals surface area contributed by atoms with Crippen molar-refractivity contribution in [2.24, 2.45) is 0 Å². The molecule has 1 saturated heterocycles. The average molecular weight is 285 g/mol. The van der Waals surface area contributed by atoms with Gasteiger partial charge in [0.25, 0.3) is 0 Å². The highest BCUT2D eigenvalue weighted by Crippen LogP contribution is 2.23. The van der Waals surface area contributed by atoms with Crippen molar-refractivity contribution in [3.63, 3.8) is 0 Å². The summed E-state index contributed by atoms with van der Waals surface area (Å²) in [5.41, 5.74) is 9.18. The van der Waals surface area contributed by atoms with Crippen LogP contribution in [0.25, 0.3) is 0 Å². The molecule has 4 heteroatoms. The molecule has 0 unspecified atom stereocenters. The molecule has 0 atom stereocenters. The number of halogens is 1. The molecule has 3 nitrogen and oxygen atoms in total. The Morgan fingerprint density at radius 2 is 1.52 bits per heavy atom. The lowest BCUT2D eigenvalue weighted by molar-refractivity contribution is 0.624. The minimum Gasteiger partial charge on any atom is -0.396 e. The predicted octanol–water partition coefficient (Wildman–Crippen LogP) is 3.04. The third-order valence-electron chi connectivity index (χ3n) is 4.00. The van der Waals surface area contributed by atoms with Gasteiger partial charge in [0.15, 0.2) is 0 Å². The van der Waals surface area contributed by atoms with Gasteiger partial charge in [0, 0.05) is 37.6 Å². The summed E-state index contributed by atoms with van der Waals surface area (Å²) in [6, 6.07) is 13.6. The third-order valence-corrected chi connectivity index (χ3v) is 4.00. The lowest BCUT2D eigenvalue weighted by atomic mass is 10.1. The van der Waals surface area contributed by atoms with Crippen LogP contribution in [-0.2, 0) is 0 Å². The Kier molecular flexibility index (Phi) is 3.69. The van der Waals surface area contributed by atoms with Crippen LogP contribution < -0.4 is 15.5 Å². The van der Waals surface area contributed by atoms with E-state index in [1.165, 1.54) is 17.3 Å². The number of nitrogens with two attached hydrogens (primary N) is 1. The van der Waals surface area contributed by atoms with E-state index in [1.54, 1.807) is 6.07 Å². The Hall–Kier alpha value is -2.23. The zero-order chi connectivity index (χ0) is 14.8. The molecular weight excluding hydrogens is 265 g/mol. The molecule has 1 heterocycles. The molecule has 110 valence electrons. The monoisotopic (exact) mass is 285 g/mol. The lowest BCUT2D eigenvalue weighted by Crippen LogP contribution is -2.46. The van der Waals surface area contributed by atoms with E-state index in [2.05, 4.69) is 41.0 Å². The van der Waals surface area contributed by atoms with Gasteiger partial charge in [-0.2, -0.15) is 0 Å². The Morgan fingerprint density at radius 3 is 2.10 bits per heavy atom. The minimum absolute atomic E-state index is 0.206. The van der Waals surface area contributed by atoms with Gasteiger partial charge < -0.3 is 15.5 Å². The van der Waals surface area contributed by atoms with Crippen LogP contribution in [0.4, 0.5) is 21.5 Å². The standard InChI is InChI=1S/C17H20FN3/c1-13-3-2-4-14(11-13)20-7-9-21(10-8-20)15-5-6-17(19)16(18)12-15/h2-6,11-12H,7-10,19H2,1H3. The van der Waals surface area contributed by atoms with Crippen molar-refractivity contribution in [3.05, 3.63) is 53.8 Å². The van der Waals surface area contributed by atoms with Crippen LogP contribution in [0.15, 0.2) is 42.5 Å². The van der Waals surface area contributed by atoms with Crippen LogP contribution in [-0.4, -0.2) is 26.2 Å². The molecule has 0 amide bonds. The molecule has 3 rings (SSSR count). The topological polar surface area (TPSA) is 32.5 Å². The smallest absolute Gasteiger partial charge is 0.148 e. The van der Waals surface area contributed by atoms with Crippen molar-refractivity contribution in [3.8, 4) is 0 Å². The fraction of sp³-hybridized carbons (Fsp3) is 0.294. The molecule has 1 aliphatic rings. The Labute approximate surface area is 124 Å². The van der Waals surface area contributed by atoms with Crippen molar-refractivity contribution < 1.29 is 4.39 Å². The quantitative estimate of drug-likeness (QED) is 0.861. The second kappa shape index (κ2) is 5.64.